The first-order valence-corrected chi connectivity index (χ1v) is 9.56. The van der Waals surface area contributed by atoms with Crippen LogP contribution in [0.25, 0.3) is 0 Å². The second-order valence-corrected chi connectivity index (χ2v) is 7.00. The van der Waals surface area contributed by atoms with E-state index in [0.717, 1.165) is 18.4 Å². The second-order valence-electron chi connectivity index (χ2n) is 7.00. The maximum Gasteiger partial charge on any atom is 0.341 e. The van der Waals surface area contributed by atoms with Crippen molar-refractivity contribution in [1.29, 1.82) is 0 Å². The number of ketones is 1. The van der Waals surface area contributed by atoms with Crippen molar-refractivity contribution in [2.75, 3.05) is 7.11 Å². The molecule has 0 aliphatic heterocycles. The Morgan fingerprint density at radius 2 is 1.57 bits per heavy atom. The highest BCUT2D eigenvalue weighted by atomic mass is 16.5. The van der Waals surface area contributed by atoms with E-state index in [-0.39, 0.29) is 29.1 Å². The van der Waals surface area contributed by atoms with E-state index in [1.807, 2.05) is 30.3 Å². The van der Waals surface area contributed by atoms with Crippen LogP contribution in [0.1, 0.15) is 65.3 Å². The van der Waals surface area contributed by atoms with Gasteiger partial charge < -0.3 is 9.47 Å². The molecule has 0 spiro atoms. The molecule has 146 valence electrons. The van der Waals surface area contributed by atoms with Crippen molar-refractivity contribution in [2.24, 2.45) is 0 Å². The molecule has 28 heavy (non-hydrogen) atoms. The molecule has 2 aromatic carbocycles. The van der Waals surface area contributed by atoms with Gasteiger partial charge in [-0.2, -0.15) is 0 Å². The molecule has 1 fully saturated rings. The lowest BCUT2D eigenvalue weighted by atomic mass is 9.79. The molecule has 0 saturated heterocycles. The summed E-state index contributed by atoms with van der Waals surface area (Å²) in [6, 6.07) is 14.2. The number of esters is 2. The molecule has 0 unspecified atom stereocenters. The Hall–Kier alpha value is -2.95. The van der Waals surface area contributed by atoms with Crippen molar-refractivity contribution in [3.63, 3.8) is 0 Å². The van der Waals surface area contributed by atoms with Crippen LogP contribution in [0.15, 0.2) is 48.5 Å². The minimum Gasteiger partial charge on any atom is -0.465 e. The van der Waals surface area contributed by atoms with Gasteiger partial charge in [-0.15, -0.1) is 0 Å². The van der Waals surface area contributed by atoms with Crippen molar-refractivity contribution < 1.29 is 23.9 Å². The third-order valence-electron chi connectivity index (χ3n) is 5.41. The number of carbonyl (C=O) groups is 3. The van der Waals surface area contributed by atoms with Crippen LogP contribution in [0.5, 0.6) is 5.75 Å². The Kier molecular flexibility index (Phi) is 5.93. The molecule has 1 saturated carbocycles. The van der Waals surface area contributed by atoms with E-state index in [4.69, 9.17) is 9.47 Å². The van der Waals surface area contributed by atoms with Gasteiger partial charge in [0.05, 0.1) is 18.1 Å². The first kappa shape index (κ1) is 19.8. The van der Waals surface area contributed by atoms with Crippen molar-refractivity contribution in [3.05, 3.63) is 65.2 Å². The van der Waals surface area contributed by atoms with E-state index in [1.54, 1.807) is 19.1 Å². The third kappa shape index (κ3) is 3.57. The van der Waals surface area contributed by atoms with Crippen LogP contribution < -0.4 is 4.74 Å². The summed E-state index contributed by atoms with van der Waals surface area (Å²) in [7, 11) is 1.25. The lowest BCUT2D eigenvalue weighted by molar-refractivity contribution is -0.140. The molecule has 1 aliphatic rings. The lowest BCUT2D eigenvalue weighted by Crippen LogP contribution is -2.37. The largest absolute Gasteiger partial charge is 0.465 e. The number of methoxy groups -OCH3 is 1. The van der Waals surface area contributed by atoms with Crippen molar-refractivity contribution >= 4 is 17.7 Å². The highest BCUT2D eigenvalue weighted by Crippen LogP contribution is 2.43. The zero-order chi connectivity index (χ0) is 20.1. The van der Waals surface area contributed by atoms with Gasteiger partial charge in [0.25, 0.3) is 0 Å². The SMILES string of the molecule is CCC(=O)c1cccc(C(=O)OC)c1OC(=O)C1(c2ccccc2)CCCC1. The lowest BCUT2D eigenvalue weighted by Gasteiger charge is -2.28. The van der Waals surface area contributed by atoms with Gasteiger partial charge in [0.1, 0.15) is 5.56 Å². The summed E-state index contributed by atoms with van der Waals surface area (Å²) in [4.78, 5) is 38.0. The molecule has 5 nitrogen and oxygen atoms in total. The highest BCUT2D eigenvalue weighted by Gasteiger charge is 2.45. The molecule has 0 amide bonds. The van der Waals surface area contributed by atoms with Gasteiger partial charge >= 0.3 is 11.9 Å². The van der Waals surface area contributed by atoms with E-state index in [0.29, 0.717) is 12.8 Å². The fourth-order valence-corrected chi connectivity index (χ4v) is 3.86. The average molecular weight is 380 g/mol. The fourth-order valence-electron chi connectivity index (χ4n) is 3.86. The standard InChI is InChI=1S/C23H24O5/c1-3-19(24)17-12-9-13-18(21(25)27-2)20(17)28-22(26)23(14-7-8-15-23)16-10-5-4-6-11-16/h4-6,9-13H,3,7-8,14-15H2,1-2H3. The monoisotopic (exact) mass is 380 g/mol. The average Bonchev–Trinajstić information content (AvgIpc) is 3.24. The number of carbonyl (C=O) groups excluding carboxylic acids is 3. The first-order chi connectivity index (χ1) is 13.5. The normalized spacial score (nSPS) is 15.1. The summed E-state index contributed by atoms with van der Waals surface area (Å²) in [5.74, 6) is -1.28. The summed E-state index contributed by atoms with van der Waals surface area (Å²) >= 11 is 0. The molecule has 3 rings (SSSR count). The van der Waals surface area contributed by atoms with Crippen LogP contribution in [-0.4, -0.2) is 24.8 Å². The van der Waals surface area contributed by atoms with Gasteiger partial charge in [0.15, 0.2) is 11.5 Å². The predicted molar refractivity (Wildman–Crippen MR) is 105 cm³/mol. The number of rotatable bonds is 6. The Morgan fingerprint density at radius 3 is 2.18 bits per heavy atom. The minimum atomic E-state index is -0.767. The number of benzene rings is 2. The Bertz CT molecular complexity index is 845. The maximum atomic E-state index is 13.4. The molecule has 0 radical (unpaired) electrons. The topological polar surface area (TPSA) is 69.7 Å². The van der Waals surface area contributed by atoms with Gasteiger partial charge in [-0.05, 0) is 30.5 Å². The van der Waals surface area contributed by atoms with Crippen LogP contribution in [0, 0.1) is 0 Å². The predicted octanol–water partition coefficient (Wildman–Crippen LogP) is 4.48. The molecular weight excluding hydrogens is 356 g/mol. The number of para-hydroxylation sites is 1. The zero-order valence-electron chi connectivity index (χ0n) is 16.2. The molecule has 0 aromatic heterocycles. The molecule has 1 aliphatic carbocycles. The Morgan fingerprint density at radius 1 is 0.929 bits per heavy atom. The summed E-state index contributed by atoms with van der Waals surface area (Å²) < 4.78 is 10.6. The Balaban J connectivity index is 2.05. The smallest absolute Gasteiger partial charge is 0.341 e. The van der Waals surface area contributed by atoms with Gasteiger partial charge in [-0.25, -0.2) is 4.79 Å². The van der Waals surface area contributed by atoms with E-state index in [1.165, 1.54) is 13.2 Å². The molecule has 5 heteroatoms. The zero-order valence-corrected chi connectivity index (χ0v) is 16.2. The van der Waals surface area contributed by atoms with E-state index < -0.39 is 17.4 Å². The van der Waals surface area contributed by atoms with Crippen LogP contribution in [-0.2, 0) is 14.9 Å². The van der Waals surface area contributed by atoms with Crippen molar-refractivity contribution in [3.8, 4) is 5.75 Å². The van der Waals surface area contributed by atoms with Gasteiger partial charge in [-0.3, -0.25) is 9.59 Å². The first-order valence-electron chi connectivity index (χ1n) is 9.56. The van der Waals surface area contributed by atoms with Crippen LogP contribution >= 0.6 is 0 Å². The summed E-state index contributed by atoms with van der Waals surface area (Å²) in [6.07, 6.45) is 3.42. The van der Waals surface area contributed by atoms with Crippen LogP contribution in [0.2, 0.25) is 0 Å². The number of hydrogen-bond donors (Lipinski definition) is 0. The molecular formula is C23H24O5. The van der Waals surface area contributed by atoms with E-state index >= 15 is 0 Å². The number of ether oxygens (including phenoxy) is 2. The molecule has 0 N–H and O–H groups in total. The van der Waals surface area contributed by atoms with Crippen molar-refractivity contribution in [1.82, 2.24) is 0 Å². The van der Waals surface area contributed by atoms with Gasteiger partial charge in [-0.1, -0.05) is 56.2 Å². The molecule has 2 aromatic rings. The van der Waals surface area contributed by atoms with Gasteiger partial charge in [0.2, 0.25) is 0 Å². The molecule has 0 heterocycles. The molecule has 0 atom stereocenters. The summed E-state index contributed by atoms with van der Waals surface area (Å²) in [5.41, 5.74) is 0.435. The number of Topliss-reactive ketones (excluding diaryl/α,β-unsaturated/α-hetero) is 1. The molecule has 0 bridgehead atoms. The van der Waals surface area contributed by atoms with Crippen molar-refractivity contribution in [2.45, 2.75) is 44.4 Å². The number of hydrogen-bond acceptors (Lipinski definition) is 5. The van der Waals surface area contributed by atoms with E-state index in [9.17, 15) is 14.4 Å². The quantitative estimate of drug-likeness (QED) is 0.420. The highest BCUT2D eigenvalue weighted by molar-refractivity contribution is 6.04. The second kappa shape index (κ2) is 8.38. The van der Waals surface area contributed by atoms with E-state index in [2.05, 4.69) is 0 Å². The van der Waals surface area contributed by atoms with Crippen LogP contribution in [0.4, 0.5) is 0 Å². The fraction of sp³-hybridized carbons (Fsp3) is 0.348. The summed E-state index contributed by atoms with van der Waals surface area (Å²) in [6.45, 7) is 1.72. The minimum absolute atomic E-state index is 0.00611. The maximum absolute atomic E-state index is 13.4. The third-order valence-corrected chi connectivity index (χ3v) is 5.41. The van der Waals surface area contributed by atoms with Crippen LogP contribution in [0.3, 0.4) is 0 Å². The summed E-state index contributed by atoms with van der Waals surface area (Å²) in [5, 5.41) is 0. The van der Waals surface area contributed by atoms with Gasteiger partial charge in [0, 0.05) is 6.42 Å². The Labute approximate surface area is 164 Å².